The van der Waals surface area contributed by atoms with Crippen LogP contribution in [0.25, 0.3) is 6.08 Å². The van der Waals surface area contributed by atoms with Gasteiger partial charge in [-0.2, -0.15) is 0 Å². The number of piperidine rings is 1. The quantitative estimate of drug-likeness (QED) is 0.381. The van der Waals surface area contributed by atoms with Gasteiger partial charge in [0.15, 0.2) is 0 Å². The molecule has 180 valence electrons. The second-order valence-corrected chi connectivity index (χ2v) is 10.3. The molecule has 2 aliphatic heterocycles. The van der Waals surface area contributed by atoms with E-state index in [0.29, 0.717) is 22.5 Å². The van der Waals surface area contributed by atoms with Crippen molar-refractivity contribution in [3.05, 3.63) is 64.0 Å². The van der Waals surface area contributed by atoms with Gasteiger partial charge >= 0.3 is 0 Å². The number of hydrogen-bond acceptors (Lipinski definition) is 4. The van der Waals surface area contributed by atoms with Gasteiger partial charge in [0.25, 0.3) is 5.91 Å². The lowest BCUT2D eigenvalue weighted by atomic mass is 10.00. The maximum Gasteiger partial charge on any atom is 0.265 e. The molecule has 1 unspecified atom stereocenters. The third kappa shape index (κ3) is 6.23. The van der Waals surface area contributed by atoms with Crippen LogP contribution in [-0.2, 0) is 9.59 Å². The number of hydrogen-bond donors (Lipinski definition) is 1. The second-order valence-electron chi connectivity index (χ2n) is 8.82. The van der Waals surface area contributed by atoms with Gasteiger partial charge in [-0.3, -0.25) is 14.5 Å². The average molecular weight is 498 g/mol. The number of likely N-dealkylation sites (tertiary alicyclic amines) is 1. The van der Waals surface area contributed by atoms with Crippen LogP contribution in [-0.4, -0.2) is 48.9 Å². The van der Waals surface area contributed by atoms with Crippen molar-refractivity contribution < 1.29 is 9.59 Å². The van der Waals surface area contributed by atoms with E-state index in [-0.39, 0.29) is 18.4 Å². The van der Waals surface area contributed by atoms with Crippen LogP contribution in [0.4, 0.5) is 5.69 Å². The molecule has 0 aliphatic carbocycles. The Morgan fingerprint density at radius 2 is 1.97 bits per heavy atom. The third-order valence-corrected chi connectivity index (χ3v) is 7.80. The van der Waals surface area contributed by atoms with E-state index in [1.807, 2.05) is 42.5 Å². The summed E-state index contributed by atoms with van der Waals surface area (Å²) in [7, 11) is 0. The third-order valence-electron chi connectivity index (χ3n) is 6.47. The number of thioether (sulfide) groups is 1. The molecule has 1 fully saturated rings. The molecule has 1 atom stereocenters. The molecule has 0 saturated carbocycles. The highest BCUT2D eigenvalue weighted by atomic mass is 35.5. The number of para-hydroxylation sites is 1. The second kappa shape index (κ2) is 11.9. The smallest absolute Gasteiger partial charge is 0.265 e. The zero-order valence-corrected chi connectivity index (χ0v) is 21.2. The number of amides is 2. The molecule has 4 rings (SSSR count). The number of nitrogens with zero attached hydrogens (tertiary/aromatic N) is 2. The summed E-state index contributed by atoms with van der Waals surface area (Å²) in [5.74, 6) is -0.292. The first-order chi connectivity index (χ1) is 16.5. The monoisotopic (exact) mass is 497 g/mol. The molecule has 0 bridgehead atoms. The number of anilines is 1. The minimum Gasteiger partial charge on any atom is -0.355 e. The zero-order valence-electron chi connectivity index (χ0n) is 19.6. The molecule has 0 spiro atoms. The molecule has 5 nitrogen and oxygen atoms in total. The molecule has 2 aromatic rings. The van der Waals surface area contributed by atoms with Gasteiger partial charge < -0.3 is 10.2 Å². The average Bonchev–Trinajstić information content (AvgIpc) is 2.86. The van der Waals surface area contributed by atoms with Gasteiger partial charge in [-0.1, -0.05) is 61.0 Å². The summed E-state index contributed by atoms with van der Waals surface area (Å²) < 4.78 is 0. The Morgan fingerprint density at radius 1 is 1.18 bits per heavy atom. The lowest BCUT2D eigenvalue weighted by Gasteiger charge is -2.35. The number of benzene rings is 2. The zero-order chi connectivity index (χ0) is 23.9. The van der Waals surface area contributed by atoms with E-state index >= 15 is 0 Å². The van der Waals surface area contributed by atoms with Crippen LogP contribution in [0.5, 0.6) is 0 Å². The maximum absolute atomic E-state index is 13.3. The fraction of sp³-hybridized carbons (Fsp3) is 0.407. The van der Waals surface area contributed by atoms with Crippen molar-refractivity contribution in [1.29, 1.82) is 0 Å². The summed E-state index contributed by atoms with van der Waals surface area (Å²) in [6, 6.07) is 15.8. The van der Waals surface area contributed by atoms with Gasteiger partial charge in [0, 0.05) is 29.0 Å². The predicted molar refractivity (Wildman–Crippen MR) is 141 cm³/mol. The minimum atomic E-state index is -0.159. The first kappa shape index (κ1) is 24.8. The number of fused-ring (bicyclic) bond motifs is 1. The Balaban J connectivity index is 1.38. The van der Waals surface area contributed by atoms with Crippen LogP contribution < -0.4 is 10.2 Å². The molecular formula is C27H32ClN3O2S. The topological polar surface area (TPSA) is 52.7 Å². The molecule has 2 heterocycles. The summed E-state index contributed by atoms with van der Waals surface area (Å²) in [6.45, 7) is 5.06. The molecule has 2 amide bonds. The van der Waals surface area contributed by atoms with E-state index < -0.39 is 0 Å². The number of halogens is 1. The Labute approximate surface area is 211 Å². The number of carbonyl (C=O) groups excluding carboxylic acids is 2. The summed E-state index contributed by atoms with van der Waals surface area (Å²) >= 11 is 7.43. The van der Waals surface area contributed by atoms with Gasteiger partial charge in [0.1, 0.15) is 6.54 Å². The largest absolute Gasteiger partial charge is 0.355 e. The normalized spacial score (nSPS) is 19.8. The number of carbonyl (C=O) groups is 2. The van der Waals surface area contributed by atoms with Crippen molar-refractivity contribution in [1.82, 2.24) is 10.2 Å². The first-order valence-corrected chi connectivity index (χ1v) is 13.3. The van der Waals surface area contributed by atoms with Crippen LogP contribution in [0.1, 0.15) is 44.6 Å². The lowest BCUT2D eigenvalue weighted by molar-refractivity contribution is -0.122. The molecular weight excluding hydrogens is 466 g/mol. The Hall–Kier alpha value is -2.28. The summed E-state index contributed by atoms with van der Waals surface area (Å²) in [5, 5.41) is 3.68. The molecule has 7 heteroatoms. The van der Waals surface area contributed by atoms with Crippen LogP contribution >= 0.6 is 23.4 Å². The van der Waals surface area contributed by atoms with Crippen molar-refractivity contribution in [2.45, 2.75) is 50.0 Å². The van der Waals surface area contributed by atoms with E-state index in [4.69, 9.17) is 11.6 Å². The fourth-order valence-corrected chi connectivity index (χ4v) is 5.84. The van der Waals surface area contributed by atoms with Gasteiger partial charge in [0.2, 0.25) is 5.91 Å². The van der Waals surface area contributed by atoms with E-state index in [0.717, 1.165) is 35.7 Å². The van der Waals surface area contributed by atoms with Crippen molar-refractivity contribution in [2.24, 2.45) is 0 Å². The van der Waals surface area contributed by atoms with Gasteiger partial charge in [0.05, 0.1) is 10.6 Å². The van der Waals surface area contributed by atoms with Crippen molar-refractivity contribution in [3.8, 4) is 0 Å². The minimum absolute atomic E-state index is 0.00959. The van der Waals surface area contributed by atoms with E-state index in [9.17, 15) is 9.59 Å². The summed E-state index contributed by atoms with van der Waals surface area (Å²) in [6.07, 6.45) is 7.83. The Kier molecular flexibility index (Phi) is 8.70. The van der Waals surface area contributed by atoms with E-state index in [1.165, 1.54) is 37.4 Å². The lowest BCUT2D eigenvalue weighted by Crippen LogP contribution is -2.44. The Morgan fingerprint density at radius 3 is 2.76 bits per heavy atom. The fourth-order valence-electron chi connectivity index (χ4n) is 4.66. The Bertz CT molecular complexity index is 1040. The molecule has 0 radical (unpaired) electrons. The van der Waals surface area contributed by atoms with E-state index in [2.05, 4.69) is 17.1 Å². The predicted octanol–water partition coefficient (Wildman–Crippen LogP) is 5.59. The number of nitrogens with one attached hydrogen (secondary N) is 1. The van der Waals surface area contributed by atoms with Gasteiger partial charge in [-0.05, 0) is 68.1 Å². The van der Waals surface area contributed by atoms with Crippen molar-refractivity contribution in [2.75, 3.05) is 31.1 Å². The van der Waals surface area contributed by atoms with E-state index in [1.54, 1.807) is 17.0 Å². The summed E-state index contributed by atoms with van der Waals surface area (Å²) in [5.41, 5.74) is 1.67. The highest BCUT2D eigenvalue weighted by Crippen LogP contribution is 2.41. The van der Waals surface area contributed by atoms with Crippen LogP contribution in [0.3, 0.4) is 0 Å². The standard InChI is InChI=1S/C27H32ClN3O2S/c1-2-22-8-5-6-16-30(22)17-7-15-29-26(32)19-31-23-9-3-4-10-24(23)34-25(27(31)33)18-20-11-13-21(28)14-12-20/h3-4,9-14,18,22H,2,5-8,15-17,19H2,1H3,(H,29,32). The molecule has 34 heavy (non-hydrogen) atoms. The van der Waals surface area contributed by atoms with Crippen molar-refractivity contribution >= 4 is 46.9 Å². The summed E-state index contributed by atoms with van der Waals surface area (Å²) in [4.78, 5) is 31.8. The highest BCUT2D eigenvalue weighted by molar-refractivity contribution is 8.04. The molecule has 1 N–H and O–H groups in total. The van der Waals surface area contributed by atoms with Gasteiger partial charge in [-0.25, -0.2) is 0 Å². The SMILES string of the molecule is CCC1CCCCN1CCCNC(=O)CN1C(=O)C(=Cc2ccc(Cl)cc2)Sc2ccccc21. The molecule has 2 aliphatic rings. The van der Waals surface area contributed by atoms with Crippen LogP contribution in [0, 0.1) is 0 Å². The number of rotatable bonds is 8. The molecule has 2 aromatic carbocycles. The molecule has 0 aromatic heterocycles. The van der Waals surface area contributed by atoms with Crippen LogP contribution in [0.15, 0.2) is 58.3 Å². The molecule has 1 saturated heterocycles. The van der Waals surface area contributed by atoms with Crippen molar-refractivity contribution in [3.63, 3.8) is 0 Å². The van der Waals surface area contributed by atoms with Crippen LogP contribution in [0.2, 0.25) is 5.02 Å². The highest BCUT2D eigenvalue weighted by Gasteiger charge is 2.30. The maximum atomic E-state index is 13.3. The first-order valence-electron chi connectivity index (χ1n) is 12.1. The van der Waals surface area contributed by atoms with Gasteiger partial charge in [-0.15, -0.1) is 0 Å².